The highest BCUT2D eigenvalue weighted by atomic mass is 16.2. The Morgan fingerprint density at radius 1 is 1.04 bits per heavy atom. The van der Waals surface area contributed by atoms with Crippen molar-refractivity contribution >= 4 is 23.3 Å². The van der Waals surface area contributed by atoms with E-state index in [0.29, 0.717) is 26.1 Å². The third kappa shape index (κ3) is 4.84. The van der Waals surface area contributed by atoms with E-state index < -0.39 is 0 Å². The van der Waals surface area contributed by atoms with E-state index in [-0.39, 0.29) is 11.8 Å². The Bertz CT molecular complexity index is 769. The molecule has 0 unspecified atom stereocenters. The predicted octanol–water partition coefficient (Wildman–Crippen LogP) is 2.48. The van der Waals surface area contributed by atoms with Crippen molar-refractivity contribution in [1.82, 2.24) is 9.88 Å². The number of piperazine rings is 1. The van der Waals surface area contributed by atoms with Gasteiger partial charge in [-0.1, -0.05) is 23.8 Å². The van der Waals surface area contributed by atoms with Gasteiger partial charge >= 0.3 is 0 Å². The van der Waals surface area contributed by atoms with E-state index in [1.807, 2.05) is 54.3 Å². The van der Waals surface area contributed by atoms with E-state index in [9.17, 15) is 9.59 Å². The lowest BCUT2D eigenvalue weighted by atomic mass is 10.2. The van der Waals surface area contributed by atoms with Gasteiger partial charge in [0.25, 0.3) is 0 Å². The maximum absolute atomic E-state index is 12.6. The molecule has 2 amide bonds. The first-order valence-corrected chi connectivity index (χ1v) is 9.33. The number of rotatable bonds is 5. The van der Waals surface area contributed by atoms with Crippen LogP contribution >= 0.6 is 0 Å². The number of hydrogen-bond donors (Lipinski definition) is 0. The molecule has 0 radical (unpaired) electrons. The Kier molecular flexibility index (Phi) is 6.06. The van der Waals surface area contributed by atoms with Crippen molar-refractivity contribution in [3.8, 4) is 0 Å². The monoisotopic (exact) mass is 366 g/mol. The second-order valence-corrected chi connectivity index (χ2v) is 6.81. The SMILES string of the molecule is CC(=O)N(CCC(=O)N1CCN(c2ccccn2)CC1)c1ccc(C)cc1. The summed E-state index contributed by atoms with van der Waals surface area (Å²) in [6, 6.07) is 13.7. The molecule has 0 atom stereocenters. The molecule has 1 aromatic carbocycles. The molecule has 6 nitrogen and oxygen atoms in total. The second-order valence-electron chi connectivity index (χ2n) is 6.81. The lowest BCUT2D eigenvalue weighted by Crippen LogP contribution is -2.49. The van der Waals surface area contributed by atoms with Crippen LogP contribution in [0.4, 0.5) is 11.5 Å². The molecule has 27 heavy (non-hydrogen) atoms. The zero-order valence-electron chi connectivity index (χ0n) is 16.0. The number of anilines is 2. The van der Waals surface area contributed by atoms with E-state index in [2.05, 4.69) is 9.88 Å². The molecule has 6 heteroatoms. The minimum absolute atomic E-state index is 0.0494. The molecule has 1 aliphatic heterocycles. The smallest absolute Gasteiger partial charge is 0.224 e. The first-order chi connectivity index (χ1) is 13.0. The molecule has 1 fully saturated rings. The molecule has 0 spiro atoms. The Morgan fingerprint density at radius 2 is 1.74 bits per heavy atom. The zero-order chi connectivity index (χ0) is 19.2. The molecular formula is C21H26N4O2. The summed E-state index contributed by atoms with van der Waals surface area (Å²) < 4.78 is 0. The fourth-order valence-corrected chi connectivity index (χ4v) is 3.28. The third-order valence-electron chi connectivity index (χ3n) is 4.88. The molecule has 1 saturated heterocycles. The van der Waals surface area contributed by atoms with E-state index in [0.717, 1.165) is 30.2 Å². The molecule has 1 aromatic heterocycles. The van der Waals surface area contributed by atoms with E-state index in [4.69, 9.17) is 0 Å². The Hall–Kier alpha value is -2.89. The molecule has 3 rings (SSSR count). The van der Waals surface area contributed by atoms with Crippen LogP contribution in [0, 0.1) is 6.92 Å². The fraction of sp³-hybridized carbons (Fsp3) is 0.381. The Morgan fingerprint density at radius 3 is 2.33 bits per heavy atom. The molecule has 0 bridgehead atoms. The van der Waals surface area contributed by atoms with E-state index in [1.165, 1.54) is 6.92 Å². The summed E-state index contributed by atoms with van der Waals surface area (Å²) in [6.07, 6.45) is 2.12. The van der Waals surface area contributed by atoms with Crippen molar-refractivity contribution in [3.05, 3.63) is 54.2 Å². The number of aryl methyl sites for hydroxylation is 1. The minimum atomic E-state index is -0.0494. The van der Waals surface area contributed by atoms with Gasteiger partial charge in [-0.2, -0.15) is 0 Å². The highest BCUT2D eigenvalue weighted by molar-refractivity contribution is 5.92. The average Bonchev–Trinajstić information content (AvgIpc) is 2.70. The number of amides is 2. The summed E-state index contributed by atoms with van der Waals surface area (Å²) in [6.45, 7) is 6.86. The number of nitrogens with zero attached hydrogens (tertiary/aromatic N) is 4. The molecule has 142 valence electrons. The summed E-state index contributed by atoms with van der Waals surface area (Å²) >= 11 is 0. The van der Waals surface area contributed by atoms with E-state index in [1.54, 1.807) is 11.1 Å². The molecular weight excluding hydrogens is 340 g/mol. The van der Waals surface area contributed by atoms with Crippen molar-refractivity contribution < 1.29 is 9.59 Å². The van der Waals surface area contributed by atoms with Gasteiger partial charge in [0.2, 0.25) is 11.8 Å². The van der Waals surface area contributed by atoms with Gasteiger partial charge in [-0.3, -0.25) is 9.59 Å². The van der Waals surface area contributed by atoms with Gasteiger partial charge in [0.1, 0.15) is 5.82 Å². The number of benzene rings is 1. The van der Waals surface area contributed by atoms with Gasteiger partial charge in [0.15, 0.2) is 0 Å². The molecule has 0 N–H and O–H groups in total. The predicted molar refractivity (Wildman–Crippen MR) is 107 cm³/mol. The van der Waals surface area contributed by atoms with Crippen molar-refractivity contribution in [2.75, 3.05) is 42.5 Å². The van der Waals surface area contributed by atoms with Gasteiger partial charge in [-0.15, -0.1) is 0 Å². The first-order valence-electron chi connectivity index (χ1n) is 9.33. The molecule has 2 aromatic rings. The minimum Gasteiger partial charge on any atom is -0.353 e. The van der Waals surface area contributed by atoms with Crippen LogP contribution in [-0.2, 0) is 9.59 Å². The lowest BCUT2D eigenvalue weighted by Gasteiger charge is -2.35. The third-order valence-corrected chi connectivity index (χ3v) is 4.88. The van der Waals surface area contributed by atoms with Crippen molar-refractivity contribution in [2.45, 2.75) is 20.3 Å². The highest BCUT2D eigenvalue weighted by Crippen LogP contribution is 2.17. The van der Waals surface area contributed by atoms with Crippen LogP contribution in [0.1, 0.15) is 18.9 Å². The van der Waals surface area contributed by atoms with Crippen LogP contribution < -0.4 is 9.80 Å². The number of carbonyl (C=O) groups is 2. The van der Waals surface area contributed by atoms with E-state index >= 15 is 0 Å². The number of hydrogen-bond acceptors (Lipinski definition) is 4. The Balaban J connectivity index is 1.53. The lowest BCUT2D eigenvalue weighted by molar-refractivity contribution is -0.131. The first kappa shape index (κ1) is 18.9. The van der Waals surface area contributed by atoms with Crippen molar-refractivity contribution in [3.63, 3.8) is 0 Å². The fourth-order valence-electron chi connectivity index (χ4n) is 3.28. The average molecular weight is 366 g/mol. The zero-order valence-corrected chi connectivity index (χ0v) is 16.0. The second kappa shape index (κ2) is 8.66. The van der Waals surface area contributed by atoms with Crippen LogP contribution in [0.15, 0.2) is 48.7 Å². The standard InChI is InChI=1S/C21H26N4O2/c1-17-6-8-19(9-7-17)25(18(2)26)12-10-21(27)24-15-13-23(14-16-24)20-5-3-4-11-22-20/h3-9,11H,10,12-16H2,1-2H3. The van der Waals surface area contributed by atoms with Crippen LogP contribution in [0.3, 0.4) is 0 Å². The molecule has 0 saturated carbocycles. The summed E-state index contributed by atoms with van der Waals surface area (Å²) in [5, 5.41) is 0. The van der Waals surface area contributed by atoms with Crippen molar-refractivity contribution in [1.29, 1.82) is 0 Å². The molecule has 2 heterocycles. The largest absolute Gasteiger partial charge is 0.353 e. The molecule has 0 aliphatic carbocycles. The summed E-state index contributed by atoms with van der Waals surface area (Å²) in [5.41, 5.74) is 1.98. The topological polar surface area (TPSA) is 56.8 Å². The van der Waals surface area contributed by atoms with Crippen molar-refractivity contribution in [2.24, 2.45) is 0 Å². The van der Waals surface area contributed by atoms with Gasteiger partial charge < -0.3 is 14.7 Å². The van der Waals surface area contributed by atoms with Crippen LogP contribution in [0.2, 0.25) is 0 Å². The quantitative estimate of drug-likeness (QED) is 0.816. The van der Waals surface area contributed by atoms with Gasteiger partial charge in [-0.25, -0.2) is 4.98 Å². The summed E-state index contributed by atoms with van der Waals surface area (Å²) in [7, 11) is 0. The number of aromatic nitrogens is 1. The summed E-state index contributed by atoms with van der Waals surface area (Å²) in [5.74, 6) is 0.993. The number of carbonyl (C=O) groups excluding carboxylic acids is 2. The summed E-state index contributed by atoms with van der Waals surface area (Å²) in [4.78, 5) is 34.7. The maximum Gasteiger partial charge on any atom is 0.224 e. The van der Waals surface area contributed by atoms with Gasteiger partial charge in [0, 0.05) is 58.0 Å². The van der Waals surface area contributed by atoms with Gasteiger partial charge in [0.05, 0.1) is 0 Å². The Labute approximate surface area is 160 Å². The highest BCUT2D eigenvalue weighted by Gasteiger charge is 2.22. The van der Waals surface area contributed by atoms with Crippen LogP contribution in [0.25, 0.3) is 0 Å². The van der Waals surface area contributed by atoms with Gasteiger partial charge in [-0.05, 0) is 31.2 Å². The van der Waals surface area contributed by atoms with Crippen LogP contribution in [0.5, 0.6) is 0 Å². The normalized spacial score (nSPS) is 14.1. The maximum atomic E-state index is 12.6. The molecule has 1 aliphatic rings. The number of pyridine rings is 1. The van der Waals surface area contributed by atoms with Crippen LogP contribution in [-0.4, -0.2) is 54.4 Å².